The molecule has 2 amide bonds. The van der Waals surface area contributed by atoms with Gasteiger partial charge in [-0.05, 0) is 20.3 Å². The fourth-order valence-corrected chi connectivity index (χ4v) is 2.03. The van der Waals surface area contributed by atoms with Gasteiger partial charge in [0.15, 0.2) is 5.82 Å². The highest BCUT2D eigenvalue weighted by atomic mass is 16.5. The lowest BCUT2D eigenvalue weighted by atomic mass is 10.0. The zero-order valence-electron chi connectivity index (χ0n) is 12.3. The number of carbonyl (C=O) groups is 2. The molecule has 1 aliphatic heterocycles. The van der Waals surface area contributed by atoms with Crippen molar-refractivity contribution in [2.24, 2.45) is 0 Å². The van der Waals surface area contributed by atoms with Gasteiger partial charge in [-0.1, -0.05) is 0 Å². The molecule has 0 aliphatic carbocycles. The fourth-order valence-electron chi connectivity index (χ4n) is 2.03. The molecule has 1 aliphatic rings. The predicted octanol–water partition coefficient (Wildman–Crippen LogP) is 0.405. The number of amides is 2. The number of ether oxygens (including phenoxy) is 1. The number of nitrogens with two attached hydrogens (primary N) is 1. The van der Waals surface area contributed by atoms with Crippen molar-refractivity contribution in [3.63, 3.8) is 0 Å². The van der Waals surface area contributed by atoms with E-state index in [0.29, 0.717) is 18.7 Å². The predicted molar refractivity (Wildman–Crippen MR) is 76.6 cm³/mol. The number of nitrogens with one attached hydrogen (secondary N) is 1. The van der Waals surface area contributed by atoms with Gasteiger partial charge in [0.25, 0.3) is 5.91 Å². The van der Waals surface area contributed by atoms with Crippen LogP contribution in [0.25, 0.3) is 0 Å². The van der Waals surface area contributed by atoms with Crippen LogP contribution >= 0.6 is 0 Å². The Bertz CT molecular complexity index is 561. The Balaban J connectivity index is 2.16. The van der Waals surface area contributed by atoms with Gasteiger partial charge in [0.1, 0.15) is 18.1 Å². The topological polar surface area (TPSA) is 110 Å². The van der Waals surface area contributed by atoms with Crippen molar-refractivity contribution < 1.29 is 14.3 Å². The van der Waals surface area contributed by atoms with E-state index in [1.54, 1.807) is 0 Å². The van der Waals surface area contributed by atoms with Crippen LogP contribution in [0.4, 0.5) is 11.5 Å². The molecular formula is C13H19N5O3. The average molecular weight is 293 g/mol. The Hall–Kier alpha value is -2.38. The van der Waals surface area contributed by atoms with Crippen LogP contribution < -0.4 is 15.8 Å². The van der Waals surface area contributed by atoms with Crippen LogP contribution in [0.15, 0.2) is 6.33 Å². The molecule has 1 fully saturated rings. The van der Waals surface area contributed by atoms with E-state index in [0.717, 1.165) is 4.90 Å². The second kappa shape index (κ2) is 5.94. The summed E-state index contributed by atoms with van der Waals surface area (Å²) in [5.74, 6) is 0.130. The molecule has 21 heavy (non-hydrogen) atoms. The Kier molecular flexibility index (Phi) is 4.25. The first-order chi connectivity index (χ1) is 9.90. The van der Waals surface area contributed by atoms with Crippen molar-refractivity contribution in [2.75, 3.05) is 18.1 Å². The lowest BCUT2D eigenvalue weighted by molar-refractivity contribution is -0.146. The highest BCUT2D eigenvalue weighted by Crippen LogP contribution is 2.27. The summed E-state index contributed by atoms with van der Waals surface area (Å²) in [5, 5.41) is 2.96. The van der Waals surface area contributed by atoms with E-state index in [-0.39, 0.29) is 29.5 Å². The lowest BCUT2D eigenvalue weighted by Gasteiger charge is -2.28. The maximum atomic E-state index is 12.0. The molecule has 1 saturated heterocycles. The molecule has 1 aromatic rings. The molecule has 1 aromatic heterocycles. The van der Waals surface area contributed by atoms with E-state index >= 15 is 0 Å². The minimum absolute atomic E-state index is 0.0740. The smallest absolute Gasteiger partial charge is 0.251 e. The highest BCUT2D eigenvalue weighted by molar-refractivity contribution is 6.01. The maximum Gasteiger partial charge on any atom is 0.251 e. The molecule has 0 spiro atoms. The maximum absolute atomic E-state index is 12.0. The number of rotatable bonds is 4. The van der Waals surface area contributed by atoms with Gasteiger partial charge in [-0.25, -0.2) is 4.98 Å². The summed E-state index contributed by atoms with van der Waals surface area (Å²) in [5.41, 5.74) is 6.20. The van der Waals surface area contributed by atoms with Crippen LogP contribution in [0, 0.1) is 0 Å². The second-order valence-corrected chi connectivity index (χ2v) is 5.13. The van der Waals surface area contributed by atoms with E-state index < -0.39 is 6.04 Å². The van der Waals surface area contributed by atoms with E-state index in [2.05, 4.69) is 15.3 Å². The van der Waals surface area contributed by atoms with Gasteiger partial charge in [-0.3, -0.25) is 14.5 Å². The summed E-state index contributed by atoms with van der Waals surface area (Å²) in [6, 6.07) is -0.531. The minimum Gasteiger partial charge on any atom is -0.473 e. The average Bonchev–Trinajstić information content (AvgIpc) is 2.43. The summed E-state index contributed by atoms with van der Waals surface area (Å²) in [6.07, 6.45) is 1.96. The van der Waals surface area contributed by atoms with Crippen LogP contribution in [-0.4, -0.2) is 45.9 Å². The third kappa shape index (κ3) is 3.21. The summed E-state index contributed by atoms with van der Waals surface area (Å²) >= 11 is 0. The summed E-state index contributed by atoms with van der Waals surface area (Å²) in [4.78, 5) is 32.6. The monoisotopic (exact) mass is 293 g/mol. The van der Waals surface area contributed by atoms with Gasteiger partial charge in [0.2, 0.25) is 11.8 Å². The van der Waals surface area contributed by atoms with E-state index in [9.17, 15) is 9.59 Å². The van der Waals surface area contributed by atoms with Gasteiger partial charge < -0.3 is 15.8 Å². The number of hydrogen-bond donors (Lipinski definition) is 2. The van der Waals surface area contributed by atoms with Crippen LogP contribution in [-0.2, 0) is 9.59 Å². The highest BCUT2D eigenvalue weighted by Gasteiger charge is 2.32. The number of likely N-dealkylation sites (tertiary alicyclic amines) is 1. The standard InChI is InChI=1S/C13H19N5O3/c1-7(2)21-12-10(14)11(15-6-16-12)17-8-4-5-9(19)18(3)13(8)20/h6-8H,4-5,14H2,1-3H3,(H,15,16,17). The van der Waals surface area contributed by atoms with Crippen LogP contribution in [0.3, 0.4) is 0 Å². The lowest BCUT2D eigenvalue weighted by Crippen LogP contribution is -2.48. The van der Waals surface area contributed by atoms with Gasteiger partial charge in [0, 0.05) is 13.5 Å². The van der Waals surface area contributed by atoms with Gasteiger partial charge in [0.05, 0.1) is 6.10 Å². The first-order valence-electron chi connectivity index (χ1n) is 6.74. The summed E-state index contributed by atoms with van der Waals surface area (Å²) in [7, 11) is 1.47. The number of carbonyl (C=O) groups excluding carboxylic acids is 2. The number of imide groups is 1. The van der Waals surface area contributed by atoms with Crippen molar-refractivity contribution >= 4 is 23.3 Å². The molecule has 0 bridgehead atoms. The zero-order valence-corrected chi connectivity index (χ0v) is 12.3. The summed E-state index contributed by atoms with van der Waals surface area (Å²) < 4.78 is 5.47. The number of likely N-dealkylation sites (N-methyl/N-ethyl adjacent to an activating group) is 1. The zero-order chi connectivity index (χ0) is 15.6. The number of nitrogen functional groups attached to an aromatic ring is 1. The molecule has 8 nitrogen and oxygen atoms in total. The molecule has 1 unspecified atom stereocenters. The van der Waals surface area contributed by atoms with Gasteiger partial charge in [-0.2, -0.15) is 4.98 Å². The SMILES string of the molecule is CC(C)Oc1ncnc(NC2CCC(=O)N(C)C2=O)c1N. The number of hydrogen-bond acceptors (Lipinski definition) is 7. The fraction of sp³-hybridized carbons (Fsp3) is 0.538. The molecule has 8 heteroatoms. The van der Waals surface area contributed by atoms with Crippen molar-refractivity contribution in [2.45, 2.75) is 38.8 Å². The molecule has 114 valence electrons. The number of nitrogens with zero attached hydrogens (tertiary/aromatic N) is 3. The third-order valence-corrected chi connectivity index (χ3v) is 3.16. The second-order valence-electron chi connectivity index (χ2n) is 5.13. The van der Waals surface area contributed by atoms with Crippen LogP contribution in [0.1, 0.15) is 26.7 Å². The Labute approximate surface area is 122 Å². The van der Waals surface area contributed by atoms with Gasteiger partial charge in [-0.15, -0.1) is 0 Å². The van der Waals surface area contributed by atoms with Crippen molar-refractivity contribution in [3.8, 4) is 5.88 Å². The normalized spacial score (nSPS) is 19.0. The number of aromatic nitrogens is 2. The van der Waals surface area contributed by atoms with Crippen molar-refractivity contribution in [1.82, 2.24) is 14.9 Å². The first kappa shape index (κ1) is 15.0. The quantitative estimate of drug-likeness (QED) is 0.773. The number of piperidine rings is 1. The number of anilines is 2. The molecule has 3 N–H and O–H groups in total. The van der Waals surface area contributed by atoms with Crippen molar-refractivity contribution in [1.29, 1.82) is 0 Å². The molecule has 0 aromatic carbocycles. The molecular weight excluding hydrogens is 274 g/mol. The third-order valence-electron chi connectivity index (χ3n) is 3.16. The first-order valence-corrected chi connectivity index (χ1v) is 6.74. The Morgan fingerprint density at radius 2 is 2.14 bits per heavy atom. The van der Waals surface area contributed by atoms with E-state index in [1.165, 1.54) is 13.4 Å². The Morgan fingerprint density at radius 3 is 2.81 bits per heavy atom. The molecule has 2 rings (SSSR count). The Morgan fingerprint density at radius 1 is 1.43 bits per heavy atom. The largest absolute Gasteiger partial charge is 0.473 e. The van der Waals surface area contributed by atoms with E-state index in [1.807, 2.05) is 13.8 Å². The molecule has 2 heterocycles. The minimum atomic E-state index is -0.531. The van der Waals surface area contributed by atoms with Crippen LogP contribution in [0.5, 0.6) is 5.88 Å². The van der Waals surface area contributed by atoms with Gasteiger partial charge >= 0.3 is 0 Å². The van der Waals surface area contributed by atoms with Crippen LogP contribution in [0.2, 0.25) is 0 Å². The summed E-state index contributed by atoms with van der Waals surface area (Å²) in [6.45, 7) is 3.72. The molecule has 0 radical (unpaired) electrons. The van der Waals surface area contributed by atoms with E-state index in [4.69, 9.17) is 10.5 Å². The van der Waals surface area contributed by atoms with Crippen molar-refractivity contribution in [3.05, 3.63) is 6.33 Å². The molecule has 0 saturated carbocycles. The molecule has 1 atom stereocenters.